The molecule has 1 aliphatic heterocycles. The van der Waals surface area contributed by atoms with Gasteiger partial charge in [0.05, 0.1) is 19.8 Å². The van der Waals surface area contributed by atoms with Crippen LogP contribution >= 0.6 is 0 Å². The minimum atomic E-state index is -1.81. The average Bonchev–Trinajstić information content (AvgIpc) is 2.98. The molecule has 218 valence electrons. The van der Waals surface area contributed by atoms with Crippen LogP contribution < -0.4 is 0 Å². The molecule has 8 nitrogen and oxygen atoms in total. The van der Waals surface area contributed by atoms with E-state index in [1.54, 1.807) is 0 Å². The molecular formula is C32H35FO8. The first-order chi connectivity index (χ1) is 19.9. The van der Waals surface area contributed by atoms with Crippen molar-refractivity contribution in [3.8, 4) is 0 Å². The summed E-state index contributed by atoms with van der Waals surface area (Å²) >= 11 is 0. The summed E-state index contributed by atoms with van der Waals surface area (Å²) in [5.74, 6) is -1.27. The Morgan fingerprint density at radius 1 is 0.683 bits per heavy atom. The highest BCUT2D eigenvalue weighted by Gasteiger charge is 2.52. The maximum Gasteiger partial charge on any atom is 0.305 e. The molecule has 0 amide bonds. The standard InChI is InChI=1S/C32H35FO8/c1-22(34)36-21-27(33)28-29(37-18-24-12-6-3-7-13-24)30(38-19-25-14-8-4-9-15-25)31(32(41-28)40-23(2)35)39-20-26-16-10-5-11-17-26/h3-17,27-32H,18-21H2,1-2H3/t27-,28+,29+,30-,31-,32?/m0/s1. The Morgan fingerprint density at radius 3 is 1.56 bits per heavy atom. The van der Waals surface area contributed by atoms with E-state index in [-0.39, 0.29) is 19.8 Å². The van der Waals surface area contributed by atoms with Gasteiger partial charge in [-0.05, 0) is 16.7 Å². The summed E-state index contributed by atoms with van der Waals surface area (Å²) in [7, 11) is 0. The van der Waals surface area contributed by atoms with Crippen molar-refractivity contribution in [3.05, 3.63) is 108 Å². The first kappa shape index (κ1) is 30.3. The van der Waals surface area contributed by atoms with Gasteiger partial charge in [0.15, 0.2) is 6.17 Å². The van der Waals surface area contributed by atoms with E-state index in [0.717, 1.165) is 16.7 Å². The van der Waals surface area contributed by atoms with Gasteiger partial charge in [0.2, 0.25) is 6.29 Å². The minimum absolute atomic E-state index is 0.125. The number of carbonyl (C=O) groups excluding carboxylic acids is 2. The van der Waals surface area contributed by atoms with E-state index in [1.165, 1.54) is 13.8 Å². The lowest BCUT2D eigenvalue weighted by atomic mass is 9.95. The van der Waals surface area contributed by atoms with E-state index in [0.29, 0.717) is 0 Å². The van der Waals surface area contributed by atoms with E-state index in [2.05, 4.69) is 0 Å². The van der Waals surface area contributed by atoms with Crippen molar-refractivity contribution in [1.29, 1.82) is 0 Å². The summed E-state index contributed by atoms with van der Waals surface area (Å²) in [5, 5.41) is 0. The number of halogens is 1. The summed E-state index contributed by atoms with van der Waals surface area (Å²) in [4.78, 5) is 23.6. The molecule has 1 fully saturated rings. The second kappa shape index (κ2) is 15.4. The summed E-state index contributed by atoms with van der Waals surface area (Å²) in [6.45, 7) is 2.29. The van der Waals surface area contributed by atoms with E-state index in [9.17, 15) is 9.59 Å². The van der Waals surface area contributed by atoms with Crippen LogP contribution in [-0.2, 0) is 57.8 Å². The zero-order valence-electron chi connectivity index (χ0n) is 23.1. The SMILES string of the molecule is CC(=O)OC[C@H](F)[C@H]1OC(OC(C)=O)[C@@H](OCc2ccccc2)[C@@H](OCc2ccccc2)[C@@H]1OCc1ccccc1. The van der Waals surface area contributed by atoms with Crippen molar-refractivity contribution in [2.45, 2.75) is 70.5 Å². The van der Waals surface area contributed by atoms with E-state index in [1.807, 2.05) is 91.0 Å². The number of carbonyl (C=O) groups is 2. The maximum absolute atomic E-state index is 15.7. The Kier molecular flexibility index (Phi) is 11.4. The van der Waals surface area contributed by atoms with Crippen LogP contribution in [0.5, 0.6) is 0 Å². The highest BCUT2D eigenvalue weighted by Crippen LogP contribution is 2.33. The molecule has 0 N–H and O–H groups in total. The van der Waals surface area contributed by atoms with Crippen molar-refractivity contribution in [1.82, 2.24) is 0 Å². The van der Waals surface area contributed by atoms with Crippen LogP contribution in [0.3, 0.4) is 0 Å². The number of hydrogen-bond donors (Lipinski definition) is 0. The van der Waals surface area contributed by atoms with Crippen LogP contribution in [0.1, 0.15) is 30.5 Å². The third kappa shape index (κ3) is 9.19. The average molecular weight is 567 g/mol. The summed E-state index contributed by atoms with van der Waals surface area (Å²) < 4.78 is 51.2. The normalized spacial score (nSPS) is 23.0. The molecule has 0 spiro atoms. The molecule has 4 rings (SSSR count). The molecule has 1 aliphatic rings. The van der Waals surface area contributed by atoms with Gasteiger partial charge in [0.1, 0.15) is 31.0 Å². The van der Waals surface area contributed by atoms with Gasteiger partial charge in [-0.1, -0.05) is 91.0 Å². The fourth-order valence-electron chi connectivity index (χ4n) is 4.53. The van der Waals surface area contributed by atoms with Gasteiger partial charge in [0.25, 0.3) is 0 Å². The van der Waals surface area contributed by atoms with Gasteiger partial charge in [-0.3, -0.25) is 9.59 Å². The first-order valence-corrected chi connectivity index (χ1v) is 13.5. The Labute approximate surface area is 239 Å². The zero-order valence-corrected chi connectivity index (χ0v) is 23.1. The van der Waals surface area contributed by atoms with Crippen molar-refractivity contribution in [3.63, 3.8) is 0 Å². The van der Waals surface area contributed by atoms with E-state index < -0.39 is 55.4 Å². The molecule has 41 heavy (non-hydrogen) atoms. The van der Waals surface area contributed by atoms with Crippen LogP contribution in [0.2, 0.25) is 0 Å². The Hall–Kier alpha value is -3.63. The topological polar surface area (TPSA) is 89.5 Å². The first-order valence-electron chi connectivity index (χ1n) is 13.5. The Morgan fingerprint density at radius 2 is 1.12 bits per heavy atom. The lowest BCUT2D eigenvalue weighted by Crippen LogP contribution is -2.63. The van der Waals surface area contributed by atoms with Gasteiger partial charge < -0.3 is 28.4 Å². The third-order valence-electron chi connectivity index (χ3n) is 6.47. The van der Waals surface area contributed by atoms with Gasteiger partial charge in [0, 0.05) is 13.8 Å². The molecule has 0 saturated carbocycles. The van der Waals surface area contributed by atoms with Crippen LogP contribution in [0.4, 0.5) is 4.39 Å². The molecule has 6 atom stereocenters. The van der Waals surface area contributed by atoms with Crippen molar-refractivity contribution in [2.75, 3.05) is 6.61 Å². The number of alkyl halides is 1. The fraction of sp³-hybridized carbons (Fsp3) is 0.375. The lowest BCUT2D eigenvalue weighted by molar-refractivity contribution is -0.323. The number of rotatable bonds is 13. The van der Waals surface area contributed by atoms with Crippen molar-refractivity contribution in [2.24, 2.45) is 0 Å². The number of hydrogen-bond acceptors (Lipinski definition) is 8. The summed E-state index contributed by atoms with van der Waals surface area (Å²) in [6.07, 6.45) is -7.34. The van der Waals surface area contributed by atoms with Crippen molar-refractivity contribution < 1.29 is 42.4 Å². The molecule has 0 aromatic heterocycles. The summed E-state index contributed by atoms with van der Waals surface area (Å²) in [6, 6.07) is 28.3. The third-order valence-corrected chi connectivity index (χ3v) is 6.47. The monoisotopic (exact) mass is 566 g/mol. The summed E-state index contributed by atoms with van der Waals surface area (Å²) in [5.41, 5.74) is 2.60. The number of benzene rings is 3. The fourth-order valence-corrected chi connectivity index (χ4v) is 4.53. The van der Waals surface area contributed by atoms with E-state index >= 15 is 4.39 Å². The quantitative estimate of drug-likeness (QED) is 0.269. The van der Waals surface area contributed by atoms with Crippen molar-refractivity contribution >= 4 is 11.9 Å². The molecule has 0 bridgehead atoms. The van der Waals surface area contributed by atoms with Crippen LogP contribution in [0.15, 0.2) is 91.0 Å². The predicted molar refractivity (Wildman–Crippen MR) is 147 cm³/mol. The van der Waals surface area contributed by atoms with Gasteiger partial charge in [-0.15, -0.1) is 0 Å². The molecular weight excluding hydrogens is 531 g/mol. The molecule has 3 aromatic carbocycles. The molecule has 1 heterocycles. The lowest BCUT2D eigenvalue weighted by Gasteiger charge is -2.46. The highest BCUT2D eigenvalue weighted by atomic mass is 19.1. The largest absolute Gasteiger partial charge is 0.463 e. The minimum Gasteiger partial charge on any atom is -0.463 e. The smallest absolute Gasteiger partial charge is 0.305 e. The predicted octanol–water partition coefficient (Wildman–Crippen LogP) is 4.93. The van der Waals surface area contributed by atoms with Crippen LogP contribution in [0, 0.1) is 0 Å². The van der Waals surface area contributed by atoms with Crippen LogP contribution in [-0.4, -0.2) is 55.4 Å². The molecule has 0 aliphatic carbocycles. The van der Waals surface area contributed by atoms with Crippen LogP contribution in [0.25, 0.3) is 0 Å². The zero-order chi connectivity index (χ0) is 29.0. The van der Waals surface area contributed by atoms with E-state index in [4.69, 9.17) is 28.4 Å². The Balaban J connectivity index is 1.67. The number of esters is 2. The maximum atomic E-state index is 15.7. The molecule has 1 unspecified atom stereocenters. The second-order valence-corrected chi connectivity index (χ2v) is 9.68. The number of ether oxygens (including phenoxy) is 6. The molecule has 9 heteroatoms. The molecule has 3 aromatic rings. The highest BCUT2D eigenvalue weighted by molar-refractivity contribution is 5.66. The van der Waals surface area contributed by atoms with Gasteiger partial charge >= 0.3 is 11.9 Å². The van der Waals surface area contributed by atoms with Gasteiger partial charge in [-0.2, -0.15) is 0 Å². The molecule has 1 saturated heterocycles. The second-order valence-electron chi connectivity index (χ2n) is 9.68. The molecule has 0 radical (unpaired) electrons. The Bertz CT molecular complexity index is 1210. The van der Waals surface area contributed by atoms with Gasteiger partial charge in [-0.25, -0.2) is 4.39 Å².